The van der Waals surface area contributed by atoms with Crippen molar-refractivity contribution < 1.29 is 19.4 Å². The second kappa shape index (κ2) is 5.30. The van der Waals surface area contributed by atoms with Gasteiger partial charge in [-0.1, -0.05) is 0 Å². The highest BCUT2D eigenvalue weighted by Crippen LogP contribution is 2.26. The molecule has 0 radical (unpaired) electrons. The van der Waals surface area contributed by atoms with Crippen molar-refractivity contribution in [2.24, 2.45) is 5.92 Å². The van der Waals surface area contributed by atoms with Gasteiger partial charge in [-0.2, -0.15) is 0 Å². The van der Waals surface area contributed by atoms with Crippen LogP contribution in [0.25, 0.3) is 0 Å². The van der Waals surface area contributed by atoms with Gasteiger partial charge in [-0.25, -0.2) is 0 Å². The number of aliphatic carboxylic acids is 1. The lowest BCUT2D eigenvalue weighted by molar-refractivity contribution is -0.310. The quantitative estimate of drug-likeness (QED) is 0.795. The van der Waals surface area contributed by atoms with E-state index >= 15 is 0 Å². The minimum absolute atomic E-state index is 0.00653. The van der Waals surface area contributed by atoms with Crippen LogP contribution in [0, 0.1) is 5.92 Å². The number of carbonyl (C=O) groups is 2. The lowest BCUT2D eigenvalue weighted by atomic mass is 10.1. The molecule has 0 bridgehead atoms. The monoisotopic (exact) mass is 262 g/mol. The minimum Gasteiger partial charge on any atom is -0.550 e. The Labute approximate surface area is 111 Å². The number of benzene rings is 1. The van der Waals surface area contributed by atoms with Crippen LogP contribution in [0.1, 0.15) is 20.3 Å². The molecule has 1 unspecified atom stereocenters. The first kappa shape index (κ1) is 13.4. The van der Waals surface area contributed by atoms with Gasteiger partial charge in [0.05, 0.1) is 6.10 Å². The average molecular weight is 262 g/mol. The Morgan fingerprint density at radius 3 is 2.47 bits per heavy atom. The van der Waals surface area contributed by atoms with Gasteiger partial charge in [0.2, 0.25) is 5.91 Å². The largest absolute Gasteiger partial charge is 0.550 e. The summed E-state index contributed by atoms with van der Waals surface area (Å²) in [5.74, 6) is -1.36. The number of nitrogens with zero attached hydrogens (tertiary/aromatic N) is 1. The number of carboxylic acid groups (broad SMARTS) is 1. The Bertz CT molecular complexity index is 481. The first-order chi connectivity index (χ1) is 8.97. The molecule has 5 nitrogen and oxygen atoms in total. The third-order valence-corrected chi connectivity index (χ3v) is 2.98. The van der Waals surface area contributed by atoms with Gasteiger partial charge in [0, 0.05) is 30.5 Å². The van der Waals surface area contributed by atoms with Gasteiger partial charge in [-0.3, -0.25) is 4.79 Å². The predicted molar refractivity (Wildman–Crippen MR) is 67.7 cm³/mol. The molecule has 0 aliphatic carbocycles. The number of carboxylic acids is 1. The third-order valence-electron chi connectivity index (χ3n) is 2.98. The summed E-state index contributed by atoms with van der Waals surface area (Å²) in [5.41, 5.74) is 0.685. The first-order valence-electron chi connectivity index (χ1n) is 6.25. The molecule has 1 aliphatic rings. The molecule has 0 aromatic heterocycles. The Kier molecular flexibility index (Phi) is 3.74. The zero-order chi connectivity index (χ0) is 14.0. The van der Waals surface area contributed by atoms with E-state index in [-0.39, 0.29) is 25.0 Å². The zero-order valence-corrected chi connectivity index (χ0v) is 11.0. The van der Waals surface area contributed by atoms with Crippen LogP contribution in [0.2, 0.25) is 0 Å². The summed E-state index contributed by atoms with van der Waals surface area (Å²) in [4.78, 5) is 24.0. The fourth-order valence-corrected chi connectivity index (χ4v) is 2.09. The highest BCUT2D eigenvalue weighted by Gasteiger charge is 2.31. The van der Waals surface area contributed by atoms with E-state index in [2.05, 4.69) is 0 Å². The van der Waals surface area contributed by atoms with Crippen LogP contribution in [0.15, 0.2) is 24.3 Å². The van der Waals surface area contributed by atoms with E-state index in [1.807, 2.05) is 13.8 Å². The molecule has 1 heterocycles. The van der Waals surface area contributed by atoms with Gasteiger partial charge in [0.25, 0.3) is 0 Å². The molecular weight excluding hydrogens is 246 g/mol. The third kappa shape index (κ3) is 3.05. The summed E-state index contributed by atoms with van der Waals surface area (Å²) in [6.45, 7) is 4.04. The molecule has 1 aromatic carbocycles. The van der Waals surface area contributed by atoms with Gasteiger partial charge in [-0.05, 0) is 38.1 Å². The van der Waals surface area contributed by atoms with Crippen molar-refractivity contribution in [1.82, 2.24) is 0 Å². The maximum absolute atomic E-state index is 11.8. The van der Waals surface area contributed by atoms with E-state index in [0.29, 0.717) is 5.69 Å². The number of hydrogen-bond acceptors (Lipinski definition) is 4. The molecule has 0 spiro atoms. The van der Waals surface area contributed by atoms with Crippen LogP contribution >= 0.6 is 0 Å². The maximum atomic E-state index is 11.8. The SMILES string of the molecule is CC(C)Oc1ccc(N2CC(C(=O)[O-])CC2=O)cc1. The van der Waals surface area contributed by atoms with Gasteiger partial charge in [0.15, 0.2) is 0 Å². The predicted octanol–water partition coefficient (Wildman–Crippen LogP) is 0.577. The molecule has 2 rings (SSSR count). The fourth-order valence-electron chi connectivity index (χ4n) is 2.09. The lowest BCUT2D eigenvalue weighted by Gasteiger charge is -2.18. The molecule has 1 aliphatic heterocycles. The van der Waals surface area contributed by atoms with Crippen molar-refractivity contribution >= 4 is 17.6 Å². The van der Waals surface area contributed by atoms with Crippen LogP contribution < -0.4 is 14.7 Å². The number of rotatable bonds is 4. The molecule has 19 heavy (non-hydrogen) atoms. The molecule has 5 heteroatoms. The first-order valence-corrected chi connectivity index (χ1v) is 6.25. The summed E-state index contributed by atoms with van der Waals surface area (Å²) in [7, 11) is 0. The van der Waals surface area contributed by atoms with E-state index in [0.717, 1.165) is 5.75 Å². The molecule has 1 saturated heterocycles. The van der Waals surface area contributed by atoms with E-state index in [9.17, 15) is 14.7 Å². The van der Waals surface area contributed by atoms with Crippen LogP contribution in [0.4, 0.5) is 5.69 Å². The average Bonchev–Trinajstić information content (AvgIpc) is 2.72. The van der Waals surface area contributed by atoms with Gasteiger partial charge in [-0.15, -0.1) is 0 Å². The van der Waals surface area contributed by atoms with Crippen molar-refractivity contribution in [2.45, 2.75) is 26.4 Å². The van der Waals surface area contributed by atoms with Crippen molar-refractivity contribution in [2.75, 3.05) is 11.4 Å². The Morgan fingerprint density at radius 1 is 1.37 bits per heavy atom. The number of hydrogen-bond donors (Lipinski definition) is 0. The van der Waals surface area contributed by atoms with Crippen molar-refractivity contribution in [1.29, 1.82) is 0 Å². The summed E-state index contributed by atoms with van der Waals surface area (Å²) >= 11 is 0. The highest BCUT2D eigenvalue weighted by atomic mass is 16.5. The Balaban J connectivity index is 2.10. The fraction of sp³-hybridized carbons (Fsp3) is 0.429. The summed E-state index contributed by atoms with van der Waals surface area (Å²) < 4.78 is 5.51. The highest BCUT2D eigenvalue weighted by molar-refractivity contribution is 5.98. The molecule has 0 N–H and O–H groups in total. The molecule has 1 amide bonds. The number of amides is 1. The van der Waals surface area contributed by atoms with Crippen molar-refractivity contribution in [3.63, 3.8) is 0 Å². The summed E-state index contributed by atoms with van der Waals surface area (Å²) in [6.07, 6.45) is 0.0915. The number of carbonyl (C=O) groups excluding carboxylic acids is 2. The second-order valence-corrected chi connectivity index (χ2v) is 4.88. The van der Waals surface area contributed by atoms with E-state index in [1.54, 1.807) is 24.3 Å². The number of ether oxygens (including phenoxy) is 1. The van der Waals surface area contributed by atoms with Gasteiger partial charge < -0.3 is 19.5 Å². The van der Waals surface area contributed by atoms with Crippen LogP contribution in [0.3, 0.4) is 0 Å². The van der Waals surface area contributed by atoms with Crippen molar-refractivity contribution in [3.05, 3.63) is 24.3 Å². The second-order valence-electron chi connectivity index (χ2n) is 4.88. The van der Waals surface area contributed by atoms with Crippen LogP contribution in [-0.4, -0.2) is 24.5 Å². The van der Waals surface area contributed by atoms with Crippen molar-refractivity contribution in [3.8, 4) is 5.75 Å². The topological polar surface area (TPSA) is 69.7 Å². The number of anilines is 1. The maximum Gasteiger partial charge on any atom is 0.227 e. The summed E-state index contributed by atoms with van der Waals surface area (Å²) in [5, 5.41) is 10.8. The summed E-state index contributed by atoms with van der Waals surface area (Å²) in [6, 6.07) is 7.06. The molecule has 1 atom stereocenters. The normalized spacial score (nSPS) is 19.0. The zero-order valence-electron chi connectivity index (χ0n) is 11.0. The Morgan fingerprint density at radius 2 is 2.00 bits per heavy atom. The van der Waals surface area contributed by atoms with E-state index in [1.165, 1.54) is 4.90 Å². The molecule has 0 saturated carbocycles. The van der Waals surface area contributed by atoms with E-state index < -0.39 is 11.9 Å². The minimum atomic E-state index is -1.17. The molecular formula is C14H16NO4-. The lowest BCUT2D eigenvalue weighted by Crippen LogP contribution is -2.33. The van der Waals surface area contributed by atoms with Gasteiger partial charge >= 0.3 is 0 Å². The Hall–Kier alpha value is -2.04. The standard InChI is InChI=1S/C14H17NO4/c1-9(2)19-12-5-3-11(4-6-12)15-8-10(14(17)18)7-13(15)16/h3-6,9-10H,7-8H2,1-2H3,(H,17,18)/p-1. The van der Waals surface area contributed by atoms with Crippen LogP contribution in [-0.2, 0) is 9.59 Å². The molecule has 1 aromatic rings. The molecule has 1 fully saturated rings. The molecule has 102 valence electrons. The van der Waals surface area contributed by atoms with Gasteiger partial charge in [0.1, 0.15) is 5.75 Å². The van der Waals surface area contributed by atoms with E-state index in [4.69, 9.17) is 4.74 Å². The van der Waals surface area contributed by atoms with Crippen LogP contribution in [0.5, 0.6) is 5.75 Å². The smallest absolute Gasteiger partial charge is 0.227 e.